The number of carbonyl (C=O) groups is 1. The summed E-state index contributed by atoms with van der Waals surface area (Å²) >= 11 is 0. The van der Waals surface area contributed by atoms with Crippen LogP contribution >= 0.6 is 0 Å². The van der Waals surface area contributed by atoms with E-state index in [1.54, 1.807) is 6.07 Å². The van der Waals surface area contributed by atoms with Crippen molar-refractivity contribution in [1.82, 2.24) is 4.90 Å². The van der Waals surface area contributed by atoms with Gasteiger partial charge in [-0.15, -0.1) is 0 Å². The van der Waals surface area contributed by atoms with Crippen LogP contribution in [-0.4, -0.2) is 41.7 Å². The van der Waals surface area contributed by atoms with E-state index in [2.05, 4.69) is 24.1 Å². The molecule has 1 rings (SSSR count). The molecule has 0 heterocycles. The van der Waals surface area contributed by atoms with Gasteiger partial charge in [0.1, 0.15) is 5.82 Å². The van der Waals surface area contributed by atoms with Crippen LogP contribution in [0.15, 0.2) is 18.2 Å². The maximum Gasteiger partial charge on any atom is 0.338 e. The van der Waals surface area contributed by atoms with E-state index in [1.807, 2.05) is 6.92 Å². The second kappa shape index (κ2) is 8.62. The van der Waals surface area contributed by atoms with E-state index in [9.17, 15) is 9.18 Å². The van der Waals surface area contributed by atoms with E-state index in [0.717, 1.165) is 32.5 Å². The Labute approximate surface area is 126 Å². The maximum absolute atomic E-state index is 13.6. The number of nitrogens with one attached hydrogen (secondary N) is 1. The molecule has 0 spiro atoms. The number of benzene rings is 1. The van der Waals surface area contributed by atoms with Crippen LogP contribution in [0.25, 0.3) is 0 Å². The third-order valence-electron chi connectivity index (χ3n) is 3.62. The van der Waals surface area contributed by atoms with Crippen LogP contribution in [0, 0.1) is 5.82 Å². The van der Waals surface area contributed by atoms with Crippen molar-refractivity contribution in [2.45, 2.75) is 39.7 Å². The number of hydrogen-bond acceptors (Lipinski definition) is 3. The van der Waals surface area contributed by atoms with Gasteiger partial charge in [0, 0.05) is 11.7 Å². The highest BCUT2D eigenvalue weighted by Crippen LogP contribution is 2.16. The molecule has 0 amide bonds. The summed E-state index contributed by atoms with van der Waals surface area (Å²) in [5, 5.41) is 12.0. The Hall–Kier alpha value is -1.62. The molecular weight excluding hydrogens is 271 g/mol. The zero-order valence-corrected chi connectivity index (χ0v) is 13.0. The summed E-state index contributed by atoms with van der Waals surface area (Å²) in [4.78, 5) is 13.1. The lowest BCUT2D eigenvalue weighted by molar-refractivity contribution is 0.0692. The van der Waals surface area contributed by atoms with Gasteiger partial charge in [0.05, 0.1) is 5.56 Å². The van der Waals surface area contributed by atoms with E-state index in [1.165, 1.54) is 12.1 Å². The lowest BCUT2D eigenvalue weighted by Crippen LogP contribution is -2.25. The fourth-order valence-corrected chi connectivity index (χ4v) is 2.30. The minimum Gasteiger partial charge on any atom is -0.478 e. The van der Waals surface area contributed by atoms with Gasteiger partial charge in [0.15, 0.2) is 0 Å². The summed E-state index contributed by atoms with van der Waals surface area (Å²) < 4.78 is 13.6. The average molecular weight is 296 g/mol. The molecule has 1 aromatic carbocycles. The lowest BCUT2D eigenvalue weighted by atomic mass is 10.1. The average Bonchev–Trinajstić information content (AvgIpc) is 2.43. The number of nitrogens with zero attached hydrogens (tertiary/aromatic N) is 1. The molecular formula is C16H25FN2O2. The van der Waals surface area contributed by atoms with Crippen LogP contribution in [0.1, 0.15) is 44.0 Å². The van der Waals surface area contributed by atoms with Crippen LogP contribution in [0.2, 0.25) is 0 Å². The van der Waals surface area contributed by atoms with Gasteiger partial charge in [0.25, 0.3) is 0 Å². The Bertz CT molecular complexity index is 462. The predicted octanol–water partition coefficient (Wildman–Crippen LogP) is 3.45. The van der Waals surface area contributed by atoms with E-state index in [0.29, 0.717) is 5.69 Å². The third kappa shape index (κ3) is 5.71. The first-order valence-corrected chi connectivity index (χ1v) is 7.49. The van der Waals surface area contributed by atoms with Crippen molar-refractivity contribution in [2.24, 2.45) is 0 Å². The molecule has 1 atom stereocenters. The number of hydrogen-bond donors (Lipinski definition) is 2. The summed E-state index contributed by atoms with van der Waals surface area (Å²) in [7, 11) is 0. The minimum atomic E-state index is -1.24. The lowest BCUT2D eigenvalue weighted by Gasteiger charge is -2.20. The van der Waals surface area contributed by atoms with Crippen molar-refractivity contribution in [3.8, 4) is 0 Å². The highest BCUT2D eigenvalue weighted by Gasteiger charge is 2.11. The molecule has 0 aliphatic heterocycles. The quantitative estimate of drug-likeness (QED) is 0.733. The molecule has 0 aliphatic carbocycles. The third-order valence-corrected chi connectivity index (χ3v) is 3.62. The standard InChI is InChI=1S/C16H25FN2O2/c1-4-19(5-2)10-6-7-12(3)18-13-8-9-14(16(20)21)15(17)11-13/h8-9,11-12,18H,4-7,10H2,1-3H3,(H,20,21). The second-order valence-electron chi connectivity index (χ2n) is 5.21. The van der Waals surface area contributed by atoms with Gasteiger partial charge in [-0.05, 0) is 57.6 Å². The number of rotatable bonds is 9. The van der Waals surface area contributed by atoms with Crippen molar-refractivity contribution in [2.75, 3.05) is 25.0 Å². The Morgan fingerprint density at radius 3 is 2.57 bits per heavy atom. The molecule has 0 saturated heterocycles. The molecule has 0 aliphatic rings. The zero-order valence-electron chi connectivity index (χ0n) is 13.0. The second-order valence-corrected chi connectivity index (χ2v) is 5.21. The summed E-state index contributed by atoms with van der Waals surface area (Å²) in [6.45, 7) is 9.52. The molecule has 4 nitrogen and oxygen atoms in total. The minimum absolute atomic E-state index is 0.218. The molecule has 0 fully saturated rings. The molecule has 1 aromatic rings. The molecule has 2 N–H and O–H groups in total. The van der Waals surface area contributed by atoms with Gasteiger partial charge in [-0.25, -0.2) is 9.18 Å². The predicted molar refractivity (Wildman–Crippen MR) is 83.5 cm³/mol. The normalized spacial score (nSPS) is 12.4. The molecule has 0 aromatic heterocycles. The van der Waals surface area contributed by atoms with E-state index in [4.69, 9.17) is 5.11 Å². The Kier molecular flexibility index (Phi) is 7.15. The monoisotopic (exact) mass is 296 g/mol. The van der Waals surface area contributed by atoms with Crippen molar-refractivity contribution < 1.29 is 14.3 Å². The summed E-state index contributed by atoms with van der Waals surface area (Å²) in [5.41, 5.74) is 0.322. The molecule has 0 bridgehead atoms. The van der Waals surface area contributed by atoms with Crippen LogP contribution in [0.5, 0.6) is 0 Å². The molecule has 21 heavy (non-hydrogen) atoms. The summed E-state index contributed by atoms with van der Waals surface area (Å²) in [5.74, 6) is -1.95. The maximum atomic E-state index is 13.6. The molecule has 5 heteroatoms. The Balaban J connectivity index is 2.46. The fourth-order valence-electron chi connectivity index (χ4n) is 2.30. The van der Waals surface area contributed by atoms with Crippen LogP contribution in [0.3, 0.4) is 0 Å². The summed E-state index contributed by atoms with van der Waals surface area (Å²) in [6.07, 6.45) is 2.06. The number of carboxylic acids is 1. The number of anilines is 1. The zero-order chi connectivity index (χ0) is 15.8. The first kappa shape index (κ1) is 17.4. The van der Waals surface area contributed by atoms with E-state index < -0.39 is 11.8 Å². The van der Waals surface area contributed by atoms with Crippen molar-refractivity contribution in [3.63, 3.8) is 0 Å². The van der Waals surface area contributed by atoms with Crippen LogP contribution in [0.4, 0.5) is 10.1 Å². The van der Waals surface area contributed by atoms with Crippen LogP contribution in [-0.2, 0) is 0 Å². The van der Waals surface area contributed by atoms with Gasteiger partial charge < -0.3 is 15.3 Å². The van der Waals surface area contributed by atoms with Crippen molar-refractivity contribution in [3.05, 3.63) is 29.6 Å². The Morgan fingerprint density at radius 2 is 2.05 bits per heavy atom. The topological polar surface area (TPSA) is 52.6 Å². The molecule has 0 saturated carbocycles. The highest BCUT2D eigenvalue weighted by molar-refractivity contribution is 5.88. The van der Waals surface area contributed by atoms with Crippen molar-refractivity contribution in [1.29, 1.82) is 0 Å². The smallest absolute Gasteiger partial charge is 0.338 e. The summed E-state index contributed by atoms with van der Waals surface area (Å²) in [6, 6.07) is 4.36. The van der Waals surface area contributed by atoms with Gasteiger partial charge in [0.2, 0.25) is 0 Å². The first-order valence-electron chi connectivity index (χ1n) is 7.49. The van der Waals surface area contributed by atoms with E-state index in [-0.39, 0.29) is 11.6 Å². The Morgan fingerprint density at radius 1 is 1.38 bits per heavy atom. The van der Waals surface area contributed by atoms with Gasteiger partial charge >= 0.3 is 5.97 Å². The molecule has 1 unspecified atom stereocenters. The molecule has 118 valence electrons. The number of halogens is 1. The molecule has 0 radical (unpaired) electrons. The SMILES string of the molecule is CCN(CC)CCCC(C)Nc1ccc(C(=O)O)c(F)c1. The largest absolute Gasteiger partial charge is 0.478 e. The number of aromatic carboxylic acids is 1. The fraction of sp³-hybridized carbons (Fsp3) is 0.562. The number of carboxylic acid groups (broad SMARTS) is 1. The van der Waals surface area contributed by atoms with E-state index >= 15 is 0 Å². The first-order chi connectivity index (χ1) is 9.97. The van der Waals surface area contributed by atoms with Gasteiger partial charge in [-0.1, -0.05) is 13.8 Å². The van der Waals surface area contributed by atoms with Crippen LogP contribution < -0.4 is 5.32 Å². The highest BCUT2D eigenvalue weighted by atomic mass is 19.1. The van der Waals surface area contributed by atoms with Crippen molar-refractivity contribution >= 4 is 11.7 Å². The van der Waals surface area contributed by atoms with Gasteiger partial charge in [-0.2, -0.15) is 0 Å². The van der Waals surface area contributed by atoms with Gasteiger partial charge in [-0.3, -0.25) is 0 Å².